The van der Waals surface area contributed by atoms with E-state index in [1.807, 2.05) is 48.3 Å². The average Bonchev–Trinajstić information content (AvgIpc) is 3.63. The van der Waals surface area contributed by atoms with Gasteiger partial charge in [-0.15, -0.1) is 11.3 Å². The number of Topliss-reactive ketones (excluding diaryl/α,β-unsaturated/α-hetero) is 1. The lowest BCUT2D eigenvalue weighted by Crippen LogP contribution is -2.37. The van der Waals surface area contributed by atoms with E-state index in [1.165, 1.54) is 11.3 Å². The van der Waals surface area contributed by atoms with E-state index in [-0.39, 0.29) is 5.91 Å². The summed E-state index contributed by atoms with van der Waals surface area (Å²) in [4.78, 5) is 40.4. The highest BCUT2D eigenvalue weighted by molar-refractivity contribution is 7.18. The van der Waals surface area contributed by atoms with Crippen molar-refractivity contribution in [3.8, 4) is 11.3 Å². The van der Waals surface area contributed by atoms with Gasteiger partial charge in [0, 0.05) is 50.8 Å². The average molecular weight is 536 g/mol. The van der Waals surface area contributed by atoms with Crippen molar-refractivity contribution in [1.29, 1.82) is 0 Å². The molecule has 8 nitrogen and oxygen atoms in total. The lowest BCUT2D eigenvalue weighted by Gasteiger charge is -2.32. The number of halogens is 1. The van der Waals surface area contributed by atoms with Gasteiger partial charge in [0.1, 0.15) is 4.34 Å². The highest BCUT2D eigenvalue weighted by Gasteiger charge is 2.27. The largest absolute Gasteiger partial charge is 0.348 e. The Kier molecular flexibility index (Phi) is 6.99. The third-order valence-electron chi connectivity index (χ3n) is 6.80. The maximum Gasteiger partial charge on any atom is 0.298 e. The van der Waals surface area contributed by atoms with Crippen molar-refractivity contribution in [3.05, 3.63) is 81.4 Å². The van der Waals surface area contributed by atoms with E-state index in [1.54, 1.807) is 40.8 Å². The zero-order valence-electron chi connectivity index (χ0n) is 20.5. The number of likely N-dealkylation sites (tertiary alicyclic amines) is 1. The Morgan fingerprint density at radius 2 is 1.78 bits per heavy atom. The van der Waals surface area contributed by atoms with Gasteiger partial charge in [-0.2, -0.15) is 5.10 Å². The zero-order chi connectivity index (χ0) is 26.1. The smallest absolute Gasteiger partial charge is 0.298 e. The fourth-order valence-corrected chi connectivity index (χ4v) is 5.96. The van der Waals surface area contributed by atoms with Crippen molar-refractivity contribution < 1.29 is 14.4 Å². The summed E-state index contributed by atoms with van der Waals surface area (Å²) >= 11 is 7.75. The number of anilines is 1. The van der Waals surface area contributed by atoms with Crippen LogP contribution in [0.5, 0.6) is 0 Å². The third kappa shape index (κ3) is 5.10. The number of nitrogens with one attached hydrogen (secondary N) is 1. The molecule has 0 spiro atoms. The quantitative estimate of drug-likeness (QED) is 0.278. The zero-order valence-corrected chi connectivity index (χ0v) is 22.1. The number of benzene rings is 1. The number of carbonyl (C=O) groups excluding carboxylic acids is 3. The van der Waals surface area contributed by atoms with Crippen LogP contribution in [-0.4, -0.2) is 49.9 Å². The molecule has 1 aliphatic heterocycles. The molecule has 37 heavy (non-hydrogen) atoms. The van der Waals surface area contributed by atoms with Crippen LogP contribution in [0.15, 0.2) is 60.9 Å². The fourth-order valence-electron chi connectivity index (χ4n) is 4.70. The van der Waals surface area contributed by atoms with Crippen LogP contribution < -0.4 is 5.32 Å². The molecule has 0 aliphatic carbocycles. The van der Waals surface area contributed by atoms with Crippen molar-refractivity contribution >= 4 is 46.2 Å². The molecule has 4 aromatic rings. The molecule has 3 aromatic heterocycles. The van der Waals surface area contributed by atoms with Crippen LogP contribution in [0.3, 0.4) is 0 Å². The van der Waals surface area contributed by atoms with Crippen LogP contribution in [0.4, 0.5) is 5.69 Å². The van der Waals surface area contributed by atoms with Crippen molar-refractivity contribution in [2.75, 3.05) is 18.4 Å². The van der Waals surface area contributed by atoms with Crippen molar-refractivity contribution in [3.63, 3.8) is 0 Å². The molecule has 1 fully saturated rings. The van der Waals surface area contributed by atoms with Crippen LogP contribution in [0.1, 0.15) is 44.5 Å². The lowest BCUT2D eigenvalue weighted by atomic mass is 9.89. The van der Waals surface area contributed by atoms with Gasteiger partial charge in [0.15, 0.2) is 0 Å². The first-order valence-corrected chi connectivity index (χ1v) is 13.1. The van der Waals surface area contributed by atoms with Crippen molar-refractivity contribution in [2.45, 2.75) is 18.8 Å². The molecule has 1 aromatic carbocycles. The van der Waals surface area contributed by atoms with E-state index < -0.39 is 11.7 Å². The normalized spacial score (nSPS) is 14.1. The number of hydrogen-bond acceptors (Lipinski definition) is 5. The second kappa shape index (κ2) is 10.4. The Labute approximate surface area is 223 Å². The minimum atomic E-state index is -0.665. The predicted molar refractivity (Wildman–Crippen MR) is 144 cm³/mol. The number of aromatic nitrogens is 3. The number of amides is 2. The van der Waals surface area contributed by atoms with Crippen LogP contribution >= 0.6 is 22.9 Å². The molecular formula is C27H26ClN5O3S. The number of rotatable bonds is 6. The molecule has 1 aliphatic rings. The van der Waals surface area contributed by atoms with Gasteiger partial charge in [-0.3, -0.25) is 19.1 Å². The highest BCUT2D eigenvalue weighted by Crippen LogP contribution is 2.37. The van der Waals surface area contributed by atoms with E-state index in [9.17, 15) is 14.4 Å². The maximum atomic E-state index is 13.2. The lowest BCUT2D eigenvalue weighted by molar-refractivity contribution is -0.112. The number of thiophene rings is 1. The first-order valence-electron chi connectivity index (χ1n) is 12.0. The minimum absolute atomic E-state index is 0.000261. The molecule has 1 saturated heterocycles. The Morgan fingerprint density at radius 1 is 1.05 bits per heavy atom. The topological polar surface area (TPSA) is 89.2 Å². The summed E-state index contributed by atoms with van der Waals surface area (Å²) in [5, 5.41) is 6.86. The number of aryl methyl sites for hydroxylation is 2. The molecule has 0 atom stereocenters. The summed E-state index contributed by atoms with van der Waals surface area (Å²) < 4.78 is 3.94. The summed E-state index contributed by atoms with van der Waals surface area (Å²) in [6.07, 6.45) is 5.12. The fraction of sp³-hybridized carbons (Fsp3) is 0.259. The van der Waals surface area contributed by atoms with Crippen molar-refractivity contribution in [1.82, 2.24) is 19.2 Å². The van der Waals surface area contributed by atoms with Gasteiger partial charge in [0.2, 0.25) is 0 Å². The number of ketones is 1. The second-order valence-corrected chi connectivity index (χ2v) is 10.8. The van der Waals surface area contributed by atoms with Gasteiger partial charge in [-0.1, -0.05) is 23.7 Å². The Hall–Kier alpha value is -3.69. The summed E-state index contributed by atoms with van der Waals surface area (Å²) in [7, 11) is 3.57. The molecule has 10 heteroatoms. The third-order valence-corrected chi connectivity index (χ3v) is 8.15. The van der Waals surface area contributed by atoms with E-state index in [4.69, 9.17) is 11.6 Å². The first kappa shape index (κ1) is 25.0. The molecule has 5 rings (SSSR count). The summed E-state index contributed by atoms with van der Waals surface area (Å²) in [5.41, 5.74) is 3.76. The van der Waals surface area contributed by atoms with Gasteiger partial charge in [0.25, 0.3) is 17.6 Å². The van der Waals surface area contributed by atoms with Gasteiger partial charge >= 0.3 is 0 Å². The maximum absolute atomic E-state index is 13.2. The predicted octanol–water partition coefficient (Wildman–Crippen LogP) is 4.98. The molecule has 0 saturated carbocycles. The molecule has 4 heterocycles. The Morgan fingerprint density at radius 3 is 2.41 bits per heavy atom. The van der Waals surface area contributed by atoms with E-state index in [0.717, 1.165) is 29.7 Å². The molecule has 2 amide bonds. The molecule has 0 bridgehead atoms. The standard InChI is InChI=1S/C27H26ClN5O3S/c1-31-13-3-4-22(31)24(34)26(35)30-19-7-5-17(6-8-19)18-10-14-33(15-11-18)27(36)23-16-20(25(28)37-23)21-9-12-29-32(21)2/h3-9,12-13,16,18H,10-11,14-15H2,1-2H3,(H,30,35). The summed E-state index contributed by atoms with van der Waals surface area (Å²) in [6.45, 7) is 1.31. The molecule has 1 N–H and O–H groups in total. The van der Waals surface area contributed by atoms with Crippen LogP contribution in [0.2, 0.25) is 4.34 Å². The SMILES string of the molecule is Cn1cccc1C(=O)C(=O)Nc1ccc(C2CCN(C(=O)c3cc(-c4ccnn4C)c(Cl)s3)CC2)cc1. The van der Waals surface area contributed by atoms with E-state index >= 15 is 0 Å². The summed E-state index contributed by atoms with van der Waals surface area (Å²) in [6, 6.07) is 14.7. The number of piperidine rings is 1. The molecular weight excluding hydrogens is 510 g/mol. The second-order valence-electron chi connectivity index (χ2n) is 9.11. The number of hydrogen-bond donors (Lipinski definition) is 1. The minimum Gasteiger partial charge on any atom is -0.348 e. The van der Waals surface area contributed by atoms with Crippen LogP contribution in [-0.2, 0) is 18.9 Å². The van der Waals surface area contributed by atoms with E-state index in [2.05, 4.69) is 10.4 Å². The Balaban J connectivity index is 1.17. The van der Waals surface area contributed by atoms with Gasteiger partial charge in [-0.05, 0) is 60.7 Å². The summed E-state index contributed by atoms with van der Waals surface area (Å²) in [5.74, 6) is -0.926. The number of nitrogens with zero attached hydrogens (tertiary/aromatic N) is 4. The monoisotopic (exact) mass is 535 g/mol. The van der Waals surface area contributed by atoms with Gasteiger partial charge in [-0.25, -0.2) is 0 Å². The first-order chi connectivity index (χ1) is 17.8. The van der Waals surface area contributed by atoms with Crippen LogP contribution in [0, 0.1) is 0 Å². The Bertz CT molecular complexity index is 1460. The van der Waals surface area contributed by atoms with Gasteiger partial charge < -0.3 is 14.8 Å². The van der Waals surface area contributed by atoms with E-state index in [0.29, 0.717) is 39.6 Å². The van der Waals surface area contributed by atoms with Crippen LogP contribution in [0.25, 0.3) is 11.3 Å². The molecule has 0 unspecified atom stereocenters. The van der Waals surface area contributed by atoms with Gasteiger partial charge in [0.05, 0.1) is 16.3 Å². The molecule has 0 radical (unpaired) electrons. The van der Waals surface area contributed by atoms with Crippen molar-refractivity contribution in [2.24, 2.45) is 14.1 Å². The number of carbonyl (C=O) groups is 3. The molecule has 190 valence electrons. The highest BCUT2D eigenvalue weighted by atomic mass is 35.5.